The van der Waals surface area contributed by atoms with E-state index in [-0.39, 0.29) is 11.7 Å². The molecular formula is C22H25N3O4S. The second-order valence-electron chi connectivity index (χ2n) is 7.37. The van der Waals surface area contributed by atoms with E-state index in [0.29, 0.717) is 37.3 Å². The lowest BCUT2D eigenvalue weighted by Crippen LogP contribution is -2.37. The summed E-state index contributed by atoms with van der Waals surface area (Å²) in [6.45, 7) is 1.07. The molecule has 2 heterocycles. The van der Waals surface area contributed by atoms with Crippen LogP contribution in [0.1, 0.15) is 19.3 Å². The van der Waals surface area contributed by atoms with Gasteiger partial charge in [0.05, 0.1) is 18.6 Å². The number of anilines is 2. The minimum absolute atomic E-state index is 0.0938. The van der Waals surface area contributed by atoms with Gasteiger partial charge in [-0.25, -0.2) is 8.42 Å². The monoisotopic (exact) mass is 427 g/mol. The lowest BCUT2D eigenvalue weighted by molar-refractivity contribution is -0.116. The Balaban J connectivity index is 1.36. The van der Waals surface area contributed by atoms with Crippen molar-refractivity contribution < 1.29 is 17.9 Å². The van der Waals surface area contributed by atoms with E-state index in [9.17, 15) is 13.2 Å². The molecule has 8 heteroatoms. The summed E-state index contributed by atoms with van der Waals surface area (Å²) < 4.78 is 33.2. The maximum atomic E-state index is 12.4. The predicted octanol–water partition coefficient (Wildman–Crippen LogP) is 3.61. The van der Waals surface area contributed by atoms with Crippen molar-refractivity contribution in [1.82, 2.24) is 4.57 Å². The summed E-state index contributed by atoms with van der Waals surface area (Å²) in [6.07, 6.45) is 3.86. The Morgan fingerprint density at radius 2 is 1.90 bits per heavy atom. The van der Waals surface area contributed by atoms with Gasteiger partial charge in [-0.05, 0) is 61.4 Å². The van der Waals surface area contributed by atoms with Crippen LogP contribution in [-0.4, -0.2) is 38.3 Å². The first kappa shape index (κ1) is 20.3. The molecule has 1 aliphatic rings. The van der Waals surface area contributed by atoms with E-state index in [1.54, 1.807) is 31.4 Å². The van der Waals surface area contributed by atoms with Gasteiger partial charge in [0.2, 0.25) is 15.9 Å². The van der Waals surface area contributed by atoms with Gasteiger partial charge in [0.1, 0.15) is 5.75 Å². The molecule has 3 aromatic rings. The molecule has 1 aromatic heterocycles. The number of ether oxygens (including phenoxy) is 1. The maximum absolute atomic E-state index is 12.4. The van der Waals surface area contributed by atoms with Gasteiger partial charge in [0.25, 0.3) is 0 Å². The van der Waals surface area contributed by atoms with Gasteiger partial charge in [-0.1, -0.05) is 0 Å². The highest BCUT2D eigenvalue weighted by atomic mass is 32.2. The van der Waals surface area contributed by atoms with Crippen molar-refractivity contribution in [1.29, 1.82) is 0 Å². The Bertz CT molecular complexity index is 1150. The number of carbonyl (C=O) groups is 1. The predicted molar refractivity (Wildman–Crippen MR) is 119 cm³/mol. The van der Waals surface area contributed by atoms with Crippen molar-refractivity contribution in [2.45, 2.75) is 25.8 Å². The minimum atomic E-state index is -3.23. The zero-order chi connectivity index (χ0) is 21.1. The second kappa shape index (κ2) is 8.39. The number of carbonyl (C=O) groups excluding carboxylic acids is 1. The Morgan fingerprint density at radius 1 is 1.10 bits per heavy atom. The highest BCUT2D eigenvalue weighted by Gasteiger charge is 2.25. The number of nitrogens with zero attached hydrogens (tertiary/aromatic N) is 2. The maximum Gasteiger partial charge on any atom is 0.235 e. The van der Waals surface area contributed by atoms with E-state index in [0.717, 1.165) is 23.1 Å². The molecule has 30 heavy (non-hydrogen) atoms. The average Bonchev–Trinajstić information content (AvgIpc) is 3.15. The fourth-order valence-corrected chi connectivity index (χ4v) is 5.38. The van der Waals surface area contributed by atoms with Gasteiger partial charge >= 0.3 is 0 Å². The molecule has 0 spiro atoms. The van der Waals surface area contributed by atoms with Gasteiger partial charge in [-0.2, -0.15) is 0 Å². The highest BCUT2D eigenvalue weighted by molar-refractivity contribution is 7.92. The molecule has 1 N–H and O–H groups in total. The molecule has 158 valence electrons. The normalized spacial score (nSPS) is 15.8. The Labute approximate surface area is 176 Å². The summed E-state index contributed by atoms with van der Waals surface area (Å²) in [6, 6.07) is 14.8. The zero-order valence-electron chi connectivity index (χ0n) is 16.9. The lowest BCUT2D eigenvalue weighted by Gasteiger charge is -2.28. The largest absolute Gasteiger partial charge is 0.497 e. The van der Waals surface area contributed by atoms with Crippen LogP contribution in [0.2, 0.25) is 0 Å². The molecule has 1 fully saturated rings. The Morgan fingerprint density at radius 3 is 2.63 bits per heavy atom. The zero-order valence-corrected chi connectivity index (χ0v) is 17.7. The smallest absolute Gasteiger partial charge is 0.235 e. The lowest BCUT2D eigenvalue weighted by atomic mass is 10.2. The molecule has 7 nitrogen and oxygen atoms in total. The summed E-state index contributed by atoms with van der Waals surface area (Å²) in [4.78, 5) is 12.4. The van der Waals surface area contributed by atoms with E-state index < -0.39 is 10.0 Å². The van der Waals surface area contributed by atoms with Crippen LogP contribution in [-0.2, 0) is 21.4 Å². The number of sulfonamides is 1. The molecule has 0 saturated carbocycles. The van der Waals surface area contributed by atoms with Crippen LogP contribution in [0.4, 0.5) is 11.4 Å². The van der Waals surface area contributed by atoms with E-state index >= 15 is 0 Å². The number of methoxy groups -OCH3 is 1. The standard InChI is InChI=1S/C22H25N3O4S/c1-29-20-8-9-21-17(16-20)10-13-24(21)14-11-22(26)23-18-4-6-19(7-5-18)25-12-2-3-15-30(25,27)28/h4-10,13,16H,2-3,11-12,14-15H2,1H3,(H,23,26). The molecule has 0 radical (unpaired) electrons. The third-order valence-electron chi connectivity index (χ3n) is 5.35. The van der Waals surface area contributed by atoms with Crippen molar-refractivity contribution in [2.75, 3.05) is 29.0 Å². The van der Waals surface area contributed by atoms with Crippen LogP contribution in [0.3, 0.4) is 0 Å². The van der Waals surface area contributed by atoms with Crippen LogP contribution >= 0.6 is 0 Å². The summed E-state index contributed by atoms with van der Waals surface area (Å²) in [5.74, 6) is 0.897. The van der Waals surface area contributed by atoms with Crippen LogP contribution in [0, 0.1) is 0 Å². The first-order valence-electron chi connectivity index (χ1n) is 9.99. The number of nitrogens with one attached hydrogen (secondary N) is 1. The van der Waals surface area contributed by atoms with Gasteiger partial charge in [-0.15, -0.1) is 0 Å². The number of hydrogen-bond acceptors (Lipinski definition) is 4. The highest BCUT2D eigenvalue weighted by Crippen LogP contribution is 2.25. The number of amides is 1. The van der Waals surface area contributed by atoms with E-state index in [4.69, 9.17) is 4.74 Å². The summed E-state index contributed by atoms with van der Waals surface area (Å²) >= 11 is 0. The fraction of sp³-hybridized carbons (Fsp3) is 0.318. The van der Waals surface area contributed by atoms with E-state index in [1.807, 2.05) is 35.0 Å². The van der Waals surface area contributed by atoms with Crippen molar-refractivity contribution in [3.8, 4) is 5.75 Å². The van der Waals surface area contributed by atoms with Crippen molar-refractivity contribution in [3.63, 3.8) is 0 Å². The first-order valence-corrected chi connectivity index (χ1v) is 11.6. The number of hydrogen-bond donors (Lipinski definition) is 1. The van der Waals surface area contributed by atoms with Crippen LogP contribution < -0.4 is 14.4 Å². The molecule has 2 aromatic carbocycles. The van der Waals surface area contributed by atoms with Crippen molar-refractivity contribution in [3.05, 3.63) is 54.7 Å². The Hall–Kier alpha value is -3.00. The number of aryl methyl sites for hydroxylation is 1. The van der Waals surface area contributed by atoms with Crippen molar-refractivity contribution in [2.24, 2.45) is 0 Å². The van der Waals surface area contributed by atoms with Crippen LogP contribution in [0.15, 0.2) is 54.7 Å². The molecule has 1 amide bonds. The van der Waals surface area contributed by atoms with E-state index in [2.05, 4.69) is 5.32 Å². The minimum Gasteiger partial charge on any atom is -0.497 e. The molecule has 0 aliphatic carbocycles. The molecule has 0 bridgehead atoms. The third kappa shape index (κ3) is 4.28. The SMILES string of the molecule is COc1ccc2c(ccn2CCC(=O)Nc2ccc(N3CCCCS3(=O)=O)cc2)c1. The molecule has 0 atom stereocenters. The number of aromatic nitrogens is 1. The number of rotatable bonds is 6. The fourth-order valence-electron chi connectivity index (χ4n) is 3.74. The van der Waals surface area contributed by atoms with Gasteiger partial charge < -0.3 is 14.6 Å². The van der Waals surface area contributed by atoms with E-state index in [1.165, 1.54) is 4.31 Å². The molecule has 1 saturated heterocycles. The Kier molecular flexibility index (Phi) is 5.67. The molecule has 1 aliphatic heterocycles. The molecule has 0 unspecified atom stereocenters. The summed E-state index contributed by atoms with van der Waals surface area (Å²) in [7, 11) is -1.59. The summed E-state index contributed by atoms with van der Waals surface area (Å²) in [5, 5.41) is 3.95. The number of benzene rings is 2. The first-order chi connectivity index (χ1) is 14.5. The third-order valence-corrected chi connectivity index (χ3v) is 7.22. The molecule has 4 rings (SSSR count). The van der Waals surface area contributed by atoms with Crippen LogP contribution in [0.25, 0.3) is 10.9 Å². The van der Waals surface area contributed by atoms with Gasteiger partial charge in [0, 0.05) is 42.3 Å². The quantitative estimate of drug-likeness (QED) is 0.652. The van der Waals surface area contributed by atoms with Gasteiger partial charge in [0.15, 0.2) is 0 Å². The average molecular weight is 428 g/mol. The van der Waals surface area contributed by atoms with Crippen LogP contribution in [0.5, 0.6) is 5.75 Å². The number of fused-ring (bicyclic) bond motifs is 1. The second-order valence-corrected chi connectivity index (χ2v) is 9.39. The van der Waals surface area contributed by atoms with Crippen molar-refractivity contribution >= 4 is 38.2 Å². The topological polar surface area (TPSA) is 80.6 Å². The molecular weight excluding hydrogens is 402 g/mol. The summed E-state index contributed by atoms with van der Waals surface area (Å²) in [5.41, 5.74) is 2.35. The van der Waals surface area contributed by atoms with Gasteiger partial charge in [-0.3, -0.25) is 9.10 Å².